The molecular weight excluding hydrogens is 251 g/mol. The number of rotatable bonds is 4. The van der Waals surface area contributed by atoms with Crippen LogP contribution in [0.4, 0.5) is 0 Å². The number of ketones is 1. The maximum absolute atomic E-state index is 11.4. The van der Waals surface area contributed by atoms with E-state index in [9.17, 15) is 9.90 Å². The number of hydrogen-bond acceptors (Lipinski definition) is 3. The number of halogens is 2. The molecule has 16 heavy (non-hydrogen) atoms. The fourth-order valence-corrected chi connectivity index (χ4v) is 1.76. The van der Waals surface area contributed by atoms with Crippen molar-refractivity contribution in [2.45, 2.75) is 18.7 Å². The second-order valence-corrected chi connectivity index (χ2v) is 4.08. The molecule has 1 N–H and O–H groups in total. The number of benzene rings is 1. The molecule has 5 heteroatoms. The van der Waals surface area contributed by atoms with E-state index >= 15 is 0 Å². The summed E-state index contributed by atoms with van der Waals surface area (Å²) in [5, 5.41) is 8.86. The summed E-state index contributed by atoms with van der Waals surface area (Å²) >= 11 is 11.8. The number of alkyl halides is 1. The van der Waals surface area contributed by atoms with Crippen LogP contribution >= 0.6 is 23.2 Å². The van der Waals surface area contributed by atoms with E-state index in [0.29, 0.717) is 12.0 Å². The molecule has 1 aromatic rings. The predicted octanol–water partition coefficient (Wildman–Crippen LogP) is 3.31. The molecule has 88 valence electrons. The van der Waals surface area contributed by atoms with Gasteiger partial charge in [0.05, 0.1) is 12.1 Å². The SMILES string of the molecule is CCC(=O)C(Cl)c1cc(Cl)c(O)c(OC)c1. The standard InChI is InChI=1S/C11H12Cl2O3/c1-3-8(14)10(13)6-4-7(12)11(15)9(5-6)16-2/h4-5,10,15H,3H2,1-2H3. The van der Waals surface area contributed by atoms with Crippen molar-refractivity contribution in [1.29, 1.82) is 0 Å². The van der Waals surface area contributed by atoms with Gasteiger partial charge in [0.15, 0.2) is 17.3 Å². The van der Waals surface area contributed by atoms with Crippen molar-refractivity contribution < 1.29 is 14.6 Å². The van der Waals surface area contributed by atoms with Gasteiger partial charge in [-0.2, -0.15) is 0 Å². The number of Topliss-reactive ketones (excluding diaryl/α,β-unsaturated/α-hetero) is 1. The highest BCUT2D eigenvalue weighted by Gasteiger charge is 2.19. The average molecular weight is 263 g/mol. The third-order valence-electron chi connectivity index (χ3n) is 2.19. The van der Waals surface area contributed by atoms with Crippen LogP contribution in [0.2, 0.25) is 5.02 Å². The molecule has 0 saturated heterocycles. The minimum atomic E-state index is -0.767. The summed E-state index contributed by atoms with van der Waals surface area (Å²) in [6.07, 6.45) is 0.342. The largest absolute Gasteiger partial charge is 0.503 e. The molecule has 1 aromatic carbocycles. The molecule has 0 aliphatic carbocycles. The zero-order valence-electron chi connectivity index (χ0n) is 8.96. The minimum absolute atomic E-state index is 0.106. The van der Waals surface area contributed by atoms with Crippen molar-refractivity contribution >= 4 is 29.0 Å². The fraction of sp³-hybridized carbons (Fsp3) is 0.364. The van der Waals surface area contributed by atoms with E-state index in [4.69, 9.17) is 27.9 Å². The van der Waals surface area contributed by atoms with Gasteiger partial charge in [-0.3, -0.25) is 4.79 Å². The van der Waals surface area contributed by atoms with Crippen molar-refractivity contribution in [2.75, 3.05) is 7.11 Å². The summed E-state index contributed by atoms with van der Waals surface area (Å²) in [5.74, 6) is -0.0525. The maximum Gasteiger partial charge on any atom is 0.176 e. The molecule has 0 radical (unpaired) electrons. The highest BCUT2D eigenvalue weighted by molar-refractivity contribution is 6.33. The first-order valence-electron chi connectivity index (χ1n) is 4.74. The van der Waals surface area contributed by atoms with Crippen LogP contribution in [0, 0.1) is 0 Å². The molecule has 0 fully saturated rings. The molecule has 0 heterocycles. The van der Waals surface area contributed by atoms with E-state index in [0.717, 1.165) is 0 Å². The van der Waals surface area contributed by atoms with E-state index in [2.05, 4.69) is 0 Å². The minimum Gasteiger partial charge on any atom is -0.503 e. The van der Waals surface area contributed by atoms with Crippen molar-refractivity contribution in [3.8, 4) is 11.5 Å². The van der Waals surface area contributed by atoms with Crippen LogP contribution in [0.3, 0.4) is 0 Å². The van der Waals surface area contributed by atoms with E-state index in [1.54, 1.807) is 6.92 Å². The van der Waals surface area contributed by atoms with Gasteiger partial charge in [-0.25, -0.2) is 0 Å². The molecular formula is C11H12Cl2O3. The Morgan fingerprint density at radius 2 is 2.19 bits per heavy atom. The zero-order chi connectivity index (χ0) is 12.3. The van der Waals surface area contributed by atoms with E-state index in [1.807, 2.05) is 0 Å². The van der Waals surface area contributed by atoms with Gasteiger partial charge < -0.3 is 9.84 Å². The van der Waals surface area contributed by atoms with Crippen molar-refractivity contribution in [2.24, 2.45) is 0 Å². The fourth-order valence-electron chi connectivity index (χ4n) is 1.26. The van der Waals surface area contributed by atoms with Crippen LogP contribution in [0.5, 0.6) is 11.5 Å². The predicted molar refractivity (Wildman–Crippen MR) is 63.6 cm³/mol. The Balaban J connectivity index is 3.16. The summed E-state index contributed by atoms with van der Waals surface area (Å²) in [4.78, 5) is 11.4. The van der Waals surface area contributed by atoms with Crippen LogP contribution in [-0.2, 0) is 4.79 Å². The van der Waals surface area contributed by atoms with Gasteiger partial charge in [0, 0.05) is 6.42 Å². The molecule has 0 aliphatic rings. The third-order valence-corrected chi connectivity index (χ3v) is 2.98. The van der Waals surface area contributed by atoms with Gasteiger partial charge >= 0.3 is 0 Å². The van der Waals surface area contributed by atoms with E-state index < -0.39 is 5.38 Å². The summed E-state index contributed by atoms with van der Waals surface area (Å²) in [7, 11) is 1.40. The van der Waals surface area contributed by atoms with E-state index in [-0.39, 0.29) is 22.3 Å². The van der Waals surface area contributed by atoms with Gasteiger partial charge in [0.2, 0.25) is 0 Å². The molecule has 0 saturated carbocycles. The van der Waals surface area contributed by atoms with Gasteiger partial charge in [-0.05, 0) is 17.7 Å². The van der Waals surface area contributed by atoms with Gasteiger partial charge in [-0.15, -0.1) is 11.6 Å². The lowest BCUT2D eigenvalue weighted by Crippen LogP contribution is -2.05. The third kappa shape index (κ3) is 2.60. The monoisotopic (exact) mass is 262 g/mol. The number of hydrogen-bond donors (Lipinski definition) is 1. The zero-order valence-corrected chi connectivity index (χ0v) is 10.5. The number of ether oxygens (including phenoxy) is 1. The lowest BCUT2D eigenvalue weighted by molar-refractivity contribution is -0.118. The highest BCUT2D eigenvalue weighted by atomic mass is 35.5. The number of carbonyl (C=O) groups is 1. The molecule has 3 nitrogen and oxygen atoms in total. The first kappa shape index (κ1) is 13.1. The number of methoxy groups -OCH3 is 1. The first-order chi connectivity index (χ1) is 7.51. The van der Waals surface area contributed by atoms with Crippen LogP contribution in [-0.4, -0.2) is 18.0 Å². The first-order valence-corrected chi connectivity index (χ1v) is 5.55. The molecule has 0 amide bonds. The Hall–Kier alpha value is -0.930. The molecule has 1 atom stereocenters. The number of aromatic hydroxyl groups is 1. The summed E-state index contributed by atoms with van der Waals surface area (Å²) in [5.41, 5.74) is 0.521. The van der Waals surface area contributed by atoms with Crippen molar-refractivity contribution in [1.82, 2.24) is 0 Å². The lowest BCUT2D eigenvalue weighted by atomic mass is 10.1. The summed E-state index contributed by atoms with van der Waals surface area (Å²) in [6.45, 7) is 1.73. The topological polar surface area (TPSA) is 46.5 Å². The molecule has 1 unspecified atom stereocenters. The smallest absolute Gasteiger partial charge is 0.176 e. The molecule has 0 spiro atoms. The highest BCUT2D eigenvalue weighted by Crippen LogP contribution is 2.38. The number of carbonyl (C=O) groups excluding carboxylic acids is 1. The molecule has 0 aliphatic heterocycles. The second-order valence-electron chi connectivity index (χ2n) is 3.24. The molecule has 0 aromatic heterocycles. The van der Waals surface area contributed by atoms with Gasteiger partial charge in [0.25, 0.3) is 0 Å². The number of phenolic OH excluding ortho intramolecular Hbond substituents is 1. The van der Waals surface area contributed by atoms with Crippen LogP contribution in [0.15, 0.2) is 12.1 Å². The Morgan fingerprint density at radius 1 is 1.56 bits per heavy atom. The van der Waals surface area contributed by atoms with Gasteiger partial charge in [0.1, 0.15) is 5.38 Å². The molecule has 0 bridgehead atoms. The average Bonchev–Trinajstić information content (AvgIpc) is 2.30. The van der Waals surface area contributed by atoms with Gasteiger partial charge in [-0.1, -0.05) is 18.5 Å². The van der Waals surface area contributed by atoms with Crippen molar-refractivity contribution in [3.05, 3.63) is 22.7 Å². The Bertz CT molecular complexity index is 404. The summed E-state index contributed by atoms with van der Waals surface area (Å²) < 4.78 is 4.93. The lowest BCUT2D eigenvalue weighted by Gasteiger charge is -2.11. The van der Waals surface area contributed by atoms with Crippen molar-refractivity contribution in [3.63, 3.8) is 0 Å². The van der Waals surface area contributed by atoms with E-state index in [1.165, 1.54) is 19.2 Å². The van der Waals surface area contributed by atoms with Crippen LogP contribution in [0.25, 0.3) is 0 Å². The number of phenols is 1. The second kappa shape index (κ2) is 5.41. The quantitative estimate of drug-likeness (QED) is 0.847. The van der Waals surface area contributed by atoms with Crippen LogP contribution in [0.1, 0.15) is 24.3 Å². The maximum atomic E-state index is 11.4. The Morgan fingerprint density at radius 3 is 2.69 bits per heavy atom. The summed E-state index contributed by atoms with van der Waals surface area (Å²) in [6, 6.07) is 2.97. The molecule has 1 rings (SSSR count). The normalized spacial score (nSPS) is 12.2. The Kier molecular flexibility index (Phi) is 4.44. The van der Waals surface area contributed by atoms with Crippen LogP contribution < -0.4 is 4.74 Å². The Labute approximate surface area is 104 Å².